The molecule has 1 aromatic rings. The Balaban J connectivity index is 2.67. The predicted molar refractivity (Wildman–Crippen MR) is 54.1 cm³/mol. The first-order valence-electron chi connectivity index (χ1n) is 4.81. The Morgan fingerprint density at radius 1 is 1.50 bits per heavy atom. The molecule has 1 atom stereocenters. The molecule has 0 bridgehead atoms. The van der Waals surface area contributed by atoms with Crippen molar-refractivity contribution in [2.75, 3.05) is 6.61 Å². The first-order chi connectivity index (χ1) is 7.58. The van der Waals surface area contributed by atoms with E-state index in [0.717, 1.165) is 0 Å². The molecule has 16 heavy (non-hydrogen) atoms. The molecule has 0 aliphatic rings. The van der Waals surface area contributed by atoms with Crippen molar-refractivity contribution in [3.8, 4) is 0 Å². The summed E-state index contributed by atoms with van der Waals surface area (Å²) in [5, 5.41) is 19.5. The quantitative estimate of drug-likeness (QED) is 0.658. The van der Waals surface area contributed by atoms with Crippen LogP contribution in [0.3, 0.4) is 0 Å². The number of aliphatic hydroxyl groups is 1. The molecule has 0 aliphatic carbocycles. The zero-order valence-electron chi connectivity index (χ0n) is 8.77. The number of carbonyl (C=O) groups is 2. The van der Waals surface area contributed by atoms with Crippen molar-refractivity contribution in [2.24, 2.45) is 0 Å². The van der Waals surface area contributed by atoms with E-state index < -0.39 is 24.5 Å². The molecule has 6 heteroatoms. The van der Waals surface area contributed by atoms with Crippen molar-refractivity contribution < 1.29 is 24.2 Å². The summed E-state index contributed by atoms with van der Waals surface area (Å²) in [6, 6.07) is 1.79. The number of amides is 1. The highest BCUT2D eigenvalue weighted by atomic mass is 16.4. The van der Waals surface area contributed by atoms with Crippen LogP contribution in [0.5, 0.6) is 0 Å². The van der Waals surface area contributed by atoms with Crippen LogP contribution in [0.4, 0.5) is 0 Å². The third-order valence-corrected chi connectivity index (χ3v) is 2.02. The van der Waals surface area contributed by atoms with E-state index in [9.17, 15) is 9.59 Å². The van der Waals surface area contributed by atoms with Crippen LogP contribution in [0.25, 0.3) is 0 Å². The van der Waals surface area contributed by atoms with E-state index in [2.05, 4.69) is 5.32 Å². The molecule has 0 radical (unpaired) electrons. The molecule has 0 aliphatic heterocycles. The molecule has 0 fully saturated rings. The minimum Gasteiger partial charge on any atom is -0.480 e. The summed E-state index contributed by atoms with van der Waals surface area (Å²) >= 11 is 0. The molecule has 0 unspecified atom stereocenters. The predicted octanol–water partition coefficient (Wildman–Crippen LogP) is 0.0173. The lowest BCUT2D eigenvalue weighted by molar-refractivity contribution is -0.140. The lowest BCUT2D eigenvalue weighted by Crippen LogP contribution is -2.43. The topological polar surface area (TPSA) is 99.8 Å². The first kappa shape index (κ1) is 12.3. The number of carbonyl (C=O) groups excluding carboxylic acids is 1. The van der Waals surface area contributed by atoms with Crippen molar-refractivity contribution in [2.45, 2.75) is 19.4 Å². The number of hydrogen-bond donors (Lipinski definition) is 3. The third-order valence-electron chi connectivity index (χ3n) is 2.02. The molecule has 0 saturated carbocycles. The Kier molecular flexibility index (Phi) is 4.07. The average Bonchev–Trinajstić information content (AvgIpc) is 2.73. The summed E-state index contributed by atoms with van der Waals surface area (Å²) in [5.74, 6) is -1.27. The number of aliphatic carboxylic acids is 1. The normalized spacial score (nSPS) is 12.1. The van der Waals surface area contributed by atoms with Gasteiger partial charge in [0.05, 0.1) is 6.61 Å². The summed E-state index contributed by atoms with van der Waals surface area (Å²) in [6.45, 7) is 1.21. The summed E-state index contributed by atoms with van der Waals surface area (Å²) < 4.78 is 5.13. The Morgan fingerprint density at radius 2 is 2.19 bits per heavy atom. The molecule has 0 spiro atoms. The van der Waals surface area contributed by atoms with E-state index in [1.807, 2.05) is 6.92 Å². The van der Waals surface area contributed by atoms with Gasteiger partial charge in [0.2, 0.25) is 0 Å². The fraction of sp³-hybridized carbons (Fsp3) is 0.400. The highest BCUT2D eigenvalue weighted by molar-refractivity contribution is 5.94. The highest BCUT2D eigenvalue weighted by Gasteiger charge is 2.21. The summed E-state index contributed by atoms with van der Waals surface area (Å²) in [4.78, 5) is 22.0. The highest BCUT2D eigenvalue weighted by Crippen LogP contribution is 2.08. The molecule has 1 heterocycles. The summed E-state index contributed by atoms with van der Waals surface area (Å²) in [5.41, 5.74) is 0. The van der Waals surface area contributed by atoms with Crippen LogP contribution in [-0.2, 0) is 11.2 Å². The van der Waals surface area contributed by atoms with E-state index in [0.29, 0.717) is 12.2 Å². The van der Waals surface area contributed by atoms with E-state index in [-0.39, 0.29) is 5.76 Å². The van der Waals surface area contributed by atoms with Crippen molar-refractivity contribution in [3.63, 3.8) is 0 Å². The van der Waals surface area contributed by atoms with Crippen LogP contribution in [0, 0.1) is 0 Å². The fourth-order valence-electron chi connectivity index (χ4n) is 1.10. The Bertz CT molecular complexity index is 384. The van der Waals surface area contributed by atoms with Gasteiger partial charge in [-0.3, -0.25) is 4.79 Å². The van der Waals surface area contributed by atoms with Crippen LogP contribution < -0.4 is 5.32 Å². The number of carboxylic acids is 1. The molecule has 1 rings (SSSR count). The number of nitrogens with one attached hydrogen (secondary N) is 1. The van der Waals surface area contributed by atoms with Gasteiger partial charge in [-0.2, -0.15) is 0 Å². The van der Waals surface area contributed by atoms with Gasteiger partial charge in [-0.1, -0.05) is 6.92 Å². The number of hydrogen-bond acceptors (Lipinski definition) is 4. The largest absolute Gasteiger partial charge is 0.480 e. The van der Waals surface area contributed by atoms with Gasteiger partial charge in [0.25, 0.3) is 5.91 Å². The maximum Gasteiger partial charge on any atom is 0.328 e. The van der Waals surface area contributed by atoms with Gasteiger partial charge in [0.1, 0.15) is 5.76 Å². The van der Waals surface area contributed by atoms with E-state index in [4.69, 9.17) is 14.6 Å². The van der Waals surface area contributed by atoms with Gasteiger partial charge in [-0.25, -0.2) is 4.79 Å². The Hall–Kier alpha value is -1.82. The second-order valence-electron chi connectivity index (χ2n) is 3.17. The van der Waals surface area contributed by atoms with E-state index >= 15 is 0 Å². The van der Waals surface area contributed by atoms with Crippen molar-refractivity contribution in [1.82, 2.24) is 5.32 Å². The summed E-state index contributed by atoms with van der Waals surface area (Å²) in [6.07, 6.45) is 0.648. The standard InChI is InChI=1S/C10H13NO5/c1-2-6-3-4-8(16-6)9(13)11-7(5-12)10(14)15/h3-4,7,12H,2,5H2,1H3,(H,11,13)(H,14,15)/t7-/m1/s1. The number of carboxylic acid groups (broad SMARTS) is 1. The van der Waals surface area contributed by atoms with Gasteiger partial charge in [-0.15, -0.1) is 0 Å². The number of aryl methyl sites for hydroxylation is 1. The zero-order valence-corrected chi connectivity index (χ0v) is 8.77. The molecular formula is C10H13NO5. The van der Waals surface area contributed by atoms with Gasteiger partial charge in [-0.05, 0) is 12.1 Å². The van der Waals surface area contributed by atoms with Crippen LogP contribution >= 0.6 is 0 Å². The number of aliphatic hydroxyl groups excluding tert-OH is 1. The average molecular weight is 227 g/mol. The van der Waals surface area contributed by atoms with Crippen molar-refractivity contribution in [3.05, 3.63) is 23.7 Å². The molecule has 1 amide bonds. The van der Waals surface area contributed by atoms with Crippen LogP contribution in [0.1, 0.15) is 23.2 Å². The molecule has 0 saturated heterocycles. The molecule has 88 valence electrons. The number of rotatable bonds is 5. The minimum atomic E-state index is -1.32. The maximum absolute atomic E-state index is 11.5. The van der Waals surface area contributed by atoms with Gasteiger partial charge in [0, 0.05) is 6.42 Å². The first-order valence-corrected chi connectivity index (χ1v) is 4.81. The van der Waals surface area contributed by atoms with Gasteiger partial charge in [0.15, 0.2) is 11.8 Å². The second kappa shape index (κ2) is 5.32. The fourth-order valence-corrected chi connectivity index (χ4v) is 1.10. The van der Waals surface area contributed by atoms with Gasteiger partial charge >= 0.3 is 5.97 Å². The molecule has 0 aromatic carbocycles. The zero-order chi connectivity index (χ0) is 12.1. The molecule has 6 nitrogen and oxygen atoms in total. The van der Waals surface area contributed by atoms with Crippen LogP contribution in [0.2, 0.25) is 0 Å². The van der Waals surface area contributed by atoms with Crippen LogP contribution in [0.15, 0.2) is 16.5 Å². The smallest absolute Gasteiger partial charge is 0.328 e. The Labute approximate surface area is 91.9 Å². The van der Waals surface area contributed by atoms with Crippen LogP contribution in [-0.4, -0.2) is 34.7 Å². The minimum absolute atomic E-state index is 0.0385. The van der Waals surface area contributed by atoms with Crippen molar-refractivity contribution >= 4 is 11.9 Å². The molecular weight excluding hydrogens is 214 g/mol. The number of furan rings is 1. The molecule has 3 N–H and O–H groups in total. The van der Waals surface area contributed by atoms with Crippen molar-refractivity contribution in [1.29, 1.82) is 0 Å². The van der Waals surface area contributed by atoms with E-state index in [1.54, 1.807) is 6.07 Å². The second-order valence-corrected chi connectivity index (χ2v) is 3.17. The SMILES string of the molecule is CCc1ccc(C(=O)N[C@H](CO)C(=O)O)o1. The lowest BCUT2D eigenvalue weighted by atomic mass is 10.3. The third kappa shape index (κ3) is 2.83. The summed E-state index contributed by atoms with van der Waals surface area (Å²) in [7, 11) is 0. The maximum atomic E-state index is 11.5. The monoisotopic (exact) mass is 227 g/mol. The van der Waals surface area contributed by atoms with Gasteiger partial charge < -0.3 is 19.9 Å². The lowest BCUT2D eigenvalue weighted by Gasteiger charge is -2.09. The Morgan fingerprint density at radius 3 is 2.62 bits per heavy atom. The van der Waals surface area contributed by atoms with E-state index in [1.165, 1.54) is 6.07 Å². The molecule has 1 aromatic heterocycles.